The van der Waals surface area contributed by atoms with E-state index in [-0.39, 0.29) is 24.2 Å². The smallest absolute Gasteiger partial charge is 0.248 e. The molecule has 13 heavy (non-hydrogen) atoms. The van der Waals surface area contributed by atoms with E-state index in [4.69, 9.17) is 5.84 Å². The maximum absolute atomic E-state index is 11.1. The van der Waals surface area contributed by atoms with Gasteiger partial charge in [0.2, 0.25) is 11.8 Å². The summed E-state index contributed by atoms with van der Waals surface area (Å²) in [4.78, 5) is 21.9. The van der Waals surface area contributed by atoms with Gasteiger partial charge in [0, 0.05) is 12.1 Å². The van der Waals surface area contributed by atoms with Crippen molar-refractivity contribution in [1.29, 1.82) is 0 Å². The molecule has 0 aromatic rings. The summed E-state index contributed by atoms with van der Waals surface area (Å²) in [7, 11) is 0. The van der Waals surface area contributed by atoms with Crippen molar-refractivity contribution < 1.29 is 9.59 Å². The number of hydrazine groups is 1. The molecule has 0 radical (unpaired) electrons. The number of hydrogen-bond acceptors (Lipinski definition) is 4. The van der Waals surface area contributed by atoms with Gasteiger partial charge in [-0.2, -0.15) is 5.10 Å². The van der Waals surface area contributed by atoms with Gasteiger partial charge in [0.1, 0.15) is 0 Å². The monoisotopic (exact) mass is 184 g/mol. The van der Waals surface area contributed by atoms with Crippen LogP contribution in [0.4, 0.5) is 0 Å². The van der Waals surface area contributed by atoms with Crippen LogP contribution in [0.25, 0.3) is 0 Å². The van der Waals surface area contributed by atoms with Crippen LogP contribution in [-0.2, 0) is 9.59 Å². The molecule has 6 heteroatoms. The lowest BCUT2D eigenvalue weighted by Gasteiger charge is -2.05. The van der Waals surface area contributed by atoms with E-state index < -0.39 is 0 Å². The molecule has 1 atom stereocenters. The van der Waals surface area contributed by atoms with Gasteiger partial charge < -0.3 is 0 Å². The number of rotatable bonds is 3. The molecule has 2 amide bonds. The molecule has 4 N–H and O–H groups in total. The fourth-order valence-electron chi connectivity index (χ4n) is 1.18. The summed E-state index contributed by atoms with van der Waals surface area (Å²) in [6.45, 7) is 1.75. The van der Waals surface area contributed by atoms with Gasteiger partial charge in [0.05, 0.1) is 5.92 Å². The molecule has 6 nitrogen and oxygen atoms in total. The number of nitrogens with one attached hydrogen (secondary N) is 2. The van der Waals surface area contributed by atoms with Crippen LogP contribution in [0.1, 0.15) is 19.8 Å². The van der Waals surface area contributed by atoms with Crippen LogP contribution in [0.2, 0.25) is 0 Å². The van der Waals surface area contributed by atoms with E-state index in [2.05, 4.69) is 10.5 Å². The highest BCUT2D eigenvalue weighted by Crippen LogP contribution is 2.13. The molecule has 1 rings (SSSR count). The lowest BCUT2D eigenvalue weighted by Crippen LogP contribution is -2.31. The SMILES string of the molecule is CC1=NNC(=O)[C@@H]1CCC(=O)NN. The highest BCUT2D eigenvalue weighted by atomic mass is 16.2. The Balaban J connectivity index is 2.40. The zero-order valence-corrected chi connectivity index (χ0v) is 7.33. The fourth-order valence-corrected chi connectivity index (χ4v) is 1.18. The van der Waals surface area contributed by atoms with Crippen molar-refractivity contribution in [3.8, 4) is 0 Å². The van der Waals surface area contributed by atoms with E-state index in [0.29, 0.717) is 6.42 Å². The Morgan fingerprint density at radius 2 is 2.46 bits per heavy atom. The molecule has 0 unspecified atom stereocenters. The highest BCUT2D eigenvalue weighted by Gasteiger charge is 2.26. The van der Waals surface area contributed by atoms with Crippen molar-refractivity contribution in [3.05, 3.63) is 0 Å². The van der Waals surface area contributed by atoms with Gasteiger partial charge in [-0.3, -0.25) is 15.0 Å². The first-order chi connectivity index (χ1) is 6.15. The van der Waals surface area contributed by atoms with Gasteiger partial charge in [0.15, 0.2) is 0 Å². The third kappa shape index (κ3) is 2.25. The molecule has 1 aliphatic heterocycles. The minimum Gasteiger partial charge on any atom is -0.294 e. The van der Waals surface area contributed by atoms with Crippen molar-refractivity contribution in [2.45, 2.75) is 19.8 Å². The second-order valence-electron chi connectivity index (χ2n) is 2.89. The number of hydrogen-bond donors (Lipinski definition) is 3. The zero-order valence-electron chi connectivity index (χ0n) is 7.33. The second-order valence-corrected chi connectivity index (χ2v) is 2.89. The normalized spacial score (nSPS) is 20.9. The summed E-state index contributed by atoms with van der Waals surface area (Å²) in [5.74, 6) is 4.19. The van der Waals surface area contributed by atoms with Gasteiger partial charge >= 0.3 is 0 Å². The van der Waals surface area contributed by atoms with Gasteiger partial charge in [-0.25, -0.2) is 11.3 Å². The number of carbonyl (C=O) groups is 2. The lowest BCUT2D eigenvalue weighted by molar-refractivity contribution is -0.123. The molecule has 0 saturated heterocycles. The van der Waals surface area contributed by atoms with Crippen molar-refractivity contribution in [2.24, 2.45) is 16.9 Å². The van der Waals surface area contributed by atoms with Crippen LogP contribution in [0.5, 0.6) is 0 Å². The Labute approximate surface area is 75.5 Å². The summed E-state index contributed by atoms with van der Waals surface area (Å²) in [6.07, 6.45) is 0.686. The molecule has 0 aromatic carbocycles. The summed E-state index contributed by atoms with van der Waals surface area (Å²) in [5, 5.41) is 3.76. The van der Waals surface area contributed by atoms with Gasteiger partial charge in [-0.15, -0.1) is 0 Å². The molecule has 72 valence electrons. The molecular formula is C7H12N4O2. The molecule has 0 fully saturated rings. The first kappa shape index (κ1) is 9.66. The first-order valence-electron chi connectivity index (χ1n) is 3.98. The third-order valence-corrected chi connectivity index (χ3v) is 1.98. The molecule has 0 aromatic heterocycles. The van der Waals surface area contributed by atoms with Crippen LogP contribution in [0.15, 0.2) is 5.10 Å². The van der Waals surface area contributed by atoms with Gasteiger partial charge in [-0.1, -0.05) is 0 Å². The van der Waals surface area contributed by atoms with E-state index in [1.54, 1.807) is 6.92 Å². The van der Waals surface area contributed by atoms with Gasteiger partial charge in [0.25, 0.3) is 0 Å². The zero-order chi connectivity index (χ0) is 9.84. The van der Waals surface area contributed by atoms with Crippen LogP contribution in [0, 0.1) is 5.92 Å². The van der Waals surface area contributed by atoms with Crippen LogP contribution in [-0.4, -0.2) is 17.5 Å². The average Bonchev–Trinajstić information content (AvgIpc) is 2.43. The summed E-state index contributed by atoms with van der Waals surface area (Å²) in [6, 6.07) is 0. The second kappa shape index (κ2) is 3.99. The third-order valence-electron chi connectivity index (χ3n) is 1.98. The summed E-state index contributed by atoms with van der Waals surface area (Å²) >= 11 is 0. The van der Waals surface area contributed by atoms with Crippen molar-refractivity contribution in [1.82, 2.24) is 10.9 Å². The molecule has 0 bridgehead atoms. The van der Waals surface area contributed by atoms with Crippen molar-refractivity contribution >= 4 is 17.5 Å². The molecule has 0 spiro atoms. The minimum absolute atomic E-state index is 0.151. The highest BCUT2D eigenvalue weighted by molar-refractivity contribution is 6.07. The standard InChI is InChI=1S/C7H12N4O2/c1-4-5(7(13)11-10-4)2-3-6(12)9-8/h5H,2-3,8H2,1H3,(H,9,12)(H,11,13)/t5-/m1/s1. The van der Waals surface area contributed by atoms with Crippen molar-refractivity contribution in [2.75, 3.05) is 0 Å². The Bertz CT molecular complexity index is 261. The molecular weight excluding hydrogens is 172 g/mol. The first-order valence-corrected chi connectivity index (χ1v) is 3.98. The van der Waals surface area contributed by atoms with E-state index in [1.807, 2.05) is 5.43 Å². The molecule has 0 aliphatic carbocycles. The minimum atomic E-state index is -0.280. The molecule has 1 aliphatic rings. The number of nitrogens with two attached hydrogens (primary N) is 1. The number of carbonyl (C=O) groups excluding carboxylic acids is 2. The Kier molecular flexibility index (Phi) is 2.97. The molecule has 0 saturated carbocycles. The largest absolute Gasteiger partial charge is 0.294 e. The average molecular weight is 184 g/mol. The van der Waals surface area contributed by atoms with E-state index in [1.165, 1.54) is 0 Å². The summed E-state index contributed by atoms with van der Waals surface area (Å²) in [5.41, 5.74) is 5.07. The summed E-state index contributed by atoms with van der Waals surface area (Å²) < 4.78 is 0. The van der Waals surface area contributed by atoms with Gasteiger partial charge in [-0.05, 0) is 13.3 Å². The maximum atomic E-state index is 11.1. The predicted octanol–water partition coefficient (Wildman–Crippen LogP) is -1.12. The Morgan fingerprint density at radius 1 is 1.77 bits per heavy atom. The fraction of sp³-hybridized carbons (Fsp3) is 0.571. The van der Waals surface area contributed by atoms with E-state index in [9.17, 15) is 9.59 Å². The quantitative estimate of drug-likeness (QED) is 0.294. The maximum Gasteiger partial charge on any atom is 0.248 e. The van der Waals surface area contributed by atoms with Crippen LogP contribution in [0.3, 0.4) is 0 Å². The van der Waals surface area contributed by atoms with Crippen LogP contribution < -0.4 is 16.7 Å². The van der Waals surface area contributed by atoms with E-state index in [0.717, 1.165) is 5.71 Å². The van der Waals surface area contributed by atoms with Crippen molar-refractivity contribution in [3.63, 3.8) is 0 Å². The topological polar surface area (TPSA) is 96.6 Å². The van der Waals surface area contributed by atoms with Crippen LogP contribution >= 0.6 is 0 Å². The van der Waals surface area contributed by atoms with E-state index >= 15 is 0 Å². The number of nitrogens with zero attached hydrogens (tertiary/aromatic N) is 1. The number of hydrazone groups is 1. The number of amides is 2. The Hall–Kier alpha value is -1.43. The predicted molar refractivity (Wildman–Crippen MR) is 46.3 cm³/mol. The lowest BCUT2D eigenvalue weighted by atomic mass is 9.99. The molecule has 1 heterocycles. The Morgan fingerprint density at radius 3 is 2.92 bits per heavy atom.